The molecule has 0 aromatic rings. The van der Waals surface area contributed by atoms with Gasteiger partial charge in [-0.05, 0) is 37.5 Å². The normalized spacial score (nSPS) is 13.9. The summed E-state index contributed by atoms with van der Waals surface area (Å²) >= 11 is 0. The van der Waals surface area contributed by atoms with E-state index in [1.165, 1.54) is 238 Å². The SMILES string of the molecule is CCCCCCCCCCCCCCCCC(=O)O[C@H](COC(=O)CCCCCCCCCCC)COP(=O)(O)OC[C@H](O)COP(=O)(O)OC[C@@H](COC(=O)CCCCCCCCCCCCCCCCCC(C)C)OC(=O)CCCCCCCCCCCCCCCCCC(C)C. The number of carbonyl (C=O) groups is 4. The van der Waals surface area contributed by atoms with Gasteiger partial charge in [-0.15, -0.1) is 0 Å². The summed E-state index contributed by atoms with van der Waals surface area (Å²) < 4.78 is 68.7. The zero-order valence-corrected chi connectivity index (χ0v) is 66.6. The van der Waals surface area contributed by atoms with E-state index in [9.17, 15) is 43.2 Å². The number of esters is 4. The third-order valence-corrected chi connectivity index (χ3v) is 20.6. The van der Waals surface area contributed by atoms with Crippen molar-refractivity contribution in [2.24, 2.45) is 11.8 Å². The van der Waals surface area contributed by atoms with E-state index in [4.69, 9.17) is 37.0 Å². The predicted octanol–water partition coefficient (Wildman–Crippen LogP) is 23.9. The first-order valence-corrected chi connectivity index (χ1v) is 44.5. The highest BCUT2D eigenvalue weighted by Crippen LogP contribution is 2.45. The van der Waals surface area contributed by atoms with Crippen LogP contribution in [0.1, 0.15) is 420 Å². The number of carbonyl (C=O) groups excluding carboxylic acids is 4. The van der Waals surface area contributed by atoms with Gasteiger partial charge in [0.1, 0.15) is 19.3 Å². The first kappa shape index (κ1) is 97.1. The largest absolute Gasteiger partial charge is 0.472 e. The molecule has 2 unspecified atom stereocenters. The van der Waals surface area contributed by atoms with E-state index in [1.54, 1.807) is 0 Å². The van der Waals surface area contributed by atoms with Crippen molar-refractivity contribution in [3.8, 4) is 0 Å². The first-order chi connectivity index (χ1) is 47.9. The van der Waals surface area contributed by atoms with Crippen LogP contribution in [0.5, 0.6) is 0 Å². The number of phosphoric ester groups is 2. The second kappa shape index (κ2) is 71.7. The molecule has 19 heteroatoms. The number of rotatable bonds is 79. The van der Waals surface area contributed by atoms with Gasteiger partial charge in [0, 0.05) is 25.7 Å². The van der Waals surface area contributed by atoms with Crippen LogP contribution >= 0.6 is 15.6 Å². The minimum absolute atomic E-state index is 0.108. The molecular formula is C80H156O17P2. The van der Waals surface area contributed by atoms with Crippen LogP contribution < -0.4 is 0 Å². The van der Waals surface area contributed by atoms with Gasteiger partial charge in [0.2, 0.25) is 0 Å². The summed E-state index contributed by atoms with van der Waals surface area (Å²) in [7, 11) is -9.92. The molecule has 0 aromatic carbocycles. The number of unbranched alkanes of at least 4 members (excludes halogenated alkanes) is 49. The van der Waals surface area contributed by atoms with Crippen LogP contribution in [-0.2, 0) is 65.4 Å². The maximum absolute atomic E-state index is 13.1. The van der Waals surface area contributed by atoms with E-state index >= 15 is 0 Å². The Labute approximate surface area is 607 Å². The fraction of sp³-hybridized carbons (Fsp3) is 0.950. The molecule has 0 bridgehead atoms. The Morgan fingerprint density at radius 2 is 0.465 bits per heavy atom. The Kier molecular flexibility index (Phi) is 70.3. The molecule has 3 N–H and O–H groups in total. The molecule has 0 rings (SSSR count). The molecule has 0 aliphatic heterocycles. The van der Waals surface area contributed by atoms with Gasteiger partial charge in [-0.2, -0.15) is 0 Å². The molecule has 5 atom stereocenters. The topological polar surface area (TPSA) is 237 Å². The molecule has 0 amide bonds. The average molecular weight is 1450 g/mol. The van der Waals surface area contributed by atoms with Crippen molar-refractivity contribution in [2.45, 2.75) is 439 Å². The van der Waals surface area contributed by atoms with Crippen LogP contribution in [-0.4, -0.2) is 96.7 Å². The van der Waals surface area contributed by atoms with Crippen LogP contribution in [0.25, 0.3) is 0 Å². The lowest BCUT2D eigenvalue weighted by molar-refractivity contribution is -0.161. The Morgan fingerprint density at radius 3 is 0.687 bits per heavy atom. The number of aliphatic hydroxyl groups excluding tert-OH is 1. The number of phosphoric acid groups is 2. The summed E-state index contributed by atoms with van der Waals surface area (Å²) in [4.78, 5) is 72.9. The molecule has 17 nitrogen and oxygen atoms in total. The molecule has 0 heterocycles. The molecule has 0 radical (unpaired) electrons. The van der Waals surface area contributed by atoms with Gasteiger partial charge in [-0.3, -0.25) is 37.3 Å². The van der Waals surface area contributed by atoms with Crippen molar-refractivity contribution in [2.75, 3.05) is 39.6 Å². The van der Waals surface area contributed by atoms with Gasteiger partial charge >= 0.3 is 39.5 Å². The molecule has 0 fully saturated rings. The van der Waals surface area contributed by atoms with Crippen molar-refractivity contribution in [1.29, 1.82) is 0 Å². The van der Waals surface area contributed by atoms with Gasteiger partial charge in [0.25, 0.3) is 0 Å². The van der Waals surface area contributed by atoms with Gasteiger partial charge < -0.3 is 33.8 Å². The minimum atomic E-state index is -4.96. The monoisotopic (exact) mass is 1450 g/mol. The van der Waals surface area contributed by atoms with Gasteiger partial charge in [-0.25, -0.2) is 9.13 Å². The second-order valence-electron chi connectivity index (χ2n) is 29.8. The standard InChI is InChI=1S/C80H156O17P2/c1-7-9-11-13-15-17-18-19-28-34-40-46-52-58-64-79(84)96-75(68-90-77(82)62-56-50-44-36-16-14-12-10-8-2)70-94-98(86,87)92-66-74(81)67-93-99(88,89)95-71-76(97-80(85)65-59-53-47-41-35-30-25-21-23-27-32-38-43-49-55-61-73(5)6)69-91-78(83)63-57-51-45-39-33-29-24-20-22-26-31-37-42-48-54-60-72(3)4/h72-76,81H,7-71H2,1-6H3,(H,86,87)(H,88,89)/t74-,75+,76+/m0/s1. The van der Waals surface area contributed by atoms with Crippen LogP contribution in [0.3, 0.4) is 0 Å². The maximum atomic E-state index is 13.1. The van der Waals surface area contributed by atoms with E-state index in [2.05, 4.69) is 41.5 Å². The van der Waals surface area contributed by atoms with E-state index < -0.39 is 97.5 Å². The number of hydrogen-bond acceptors (Lipinski definition) is 15. The van der Waals surface area contributed by atoms with Crippen LogP contribution in [0.2, 0.25) is 0 Å². The summed E-state index contributed by atoms with van der Waals surface area (Å²) in [5.41, 5.74) is 0. The lowest BCUT2D eigenvalue weighted by atomic mass is 10.0. The van der Waals surface area contributed by atoms with Crippen molar-refractivity contribution < 1.29 is 80.2 Å². The van der Waals surface area contributed by atoms with Crippen molar-refractivity contribution in [3.63, 3.8) is 0 Å². The summed E-state index contributed by atoms with van der Waals surface area (Å²) in [6.45, 7) is 9.67. The highest BCUT2D eigenvalue weighted by atomic mass is 31.2. The summed E-state index contributed by atoms with van der Waals surface area (Å²) in [6, 6.07) is 0. The fourth-order valence-electron chi connectivity index (χ4n) is 12.4. The maximum Gasteiger partial charge on any atom is 0.472 e. The molecule has 0 saturated heterocycles. The molecule has 0 saturated carbocycles. The molecule has 99 heavy (non-hydrogen) atoms. The van der Waals surface area contributed by atoms with E-state index in [0.29, 0.717) is 25.7 Å². The van der Waals surface area contributed by atoms with Gasteiger partial charge in [0.15, 0.2) is 12.2 Å². The lowest BCUT2D eigenvalue weighted by Crippen LogP contribution is -2.30. The van der Waals surface area contributed by atoms with Crippen molar-refractivity contribution >= 4 is 39.5 Å². The third-order valence-electron chi connectivity index (χ3n) is 18.7. The predicted molar refractivity (Wildman–Crippen MR) is 405 cm³/mol. The molecule has 0 aliphatic carbocycles. The smallest absolute Gasteiger partial charge is 0.462 e. The average Bonchev–Trinajstić information content (AvgIpc) is 1.47. The lowest BCUT2D eigenvalue weighted by Gasteiger charge is -2.21. The van der Waals surface area contributed by atoms with E-state index in [-0.39, 0.29) is 25.7 Å². The first-order valence-electron chi connectivity index (χ1n) is 41.5. The zero-order chi connectivity index (χ0) is 72.8. The Morgan fingerprint density at radius 1 is 0.273 bits per heavy atom. The Hall–Kier alpha value is -1.94. The van der Waals surface area contributed by atoms with E-state index in [0.717, 1.165) is 102 Å². The van der Waals surface area contributed by atoms with Crippen molar-refractivity contribution in [1.82, 2.24) is 0 Å². The molecule has 0 aliphatic rings. The number of hydrogen-bond donors (Lipinski definition) is 3. The summed E-state index contributed by atoms with van der Waals surface area (Å²) in [6.07, 6.45) is 61.0. The van der Waals surface area contributed by atoms with Gasteiger partial charge in [-0.1, -0.05) is 369 Å². The summed E-state index contributed by atoms with van der Waals surface area (Å²) in [5, 5.41) is 10.6. The third kappa shape index (κ3) is 74.1. The Bertz CT molecular complexity index is 1910. The number of ether oxygens (including phenoxy) is 4. The molecule has 588 valence electrons. The molecule has 0 spiro atoms. The zero-order valence-electron chi connectivity index (χ0n) is 64.8. The number of aliphatic hydroxyl groups is 1. The quantitative estimate of drug-likeness (QED) is 0.0222. The fourth-order valence-corrected chi connectivity index (χ4v) is 13.9. The van der Waals surface area contributed by atoms with Crippen molar-refractivity contribution in [3.05, 3.63) is 0 Å². The molecular weight excluding hydrogens is 1290 g/mol. The van der Waals surface area contributed by atoms with E-state index in [1.807, 2.05) is 0 Å². The Balaban J connectivity index is 5.22. The highest BCUT2D eigenvalue weighted by molar-refractivity contribution is 7.47. The second-order valence-corrected chi connectivity index (χ2v) is 32.7. The molecule has 0 aromatic heterocycles. The van der Waals surface area contributed by atoms with Crippen LogP contribution in [0.15, 0.2) is 0 Å². The van der Waals surface area contributed by atoms with Crippen LogP contribution in [0.4, 0.5) is 0 Å². The summed E-state index contributed by atoms with van der Waals surface area (Å²) in [5.74, 6) is -0.500. The van der Waals surface area contributed by atoms with Gasteiger partial charge in [0.05, 0.1) is 26.4 Å². The van der Waals surface area contributed by atoms with Crippen LogP contribution in [0, 0.1) is 11.8 Å². The highest BCUT2D eigenvalue weighted by Gasteiger charge is 2.30. The minimum Gasteiger partial charge on any atom is -0.462 e.